The van der Waals surface area contributed by atoms with Crippen LogP contribution in [0.25, 0.3) is 0 Å². The Morgan fingerprint density at radius 3 is 2.81 bits per heavy atom. The number of nitrogens with one attached hydrogen (secondary N) is 1. The Balaban J connectivity index is 2.10. The summed E-state index contributed by atoms with van der Waals surface area (Å²) >= 11 is 6.75. The van der Waals surface area contributed by atoms with Crippen LogP contribution in [0.4, 0.5) is 10.5 Å². The van der Waals surface area contributed by atoms with Crippen molar-refractivity contribution in [1.29, 1.82) is 0 Å². The van der Waals surface area contributed by atoms with Gasteiger partial charge >= 0.3 is 12.0 Å². The second-order valence-corrected chi connectivity index (χ2v) is 6.77. The Labute approximate surface area is 140 Å². The average Bonchev–Trinajstić information content (AvgIpc) is 2.42. The van der Waals surface area contributed by atoms with E-state index in [4.69, 9.17) is 5.11 Å². The van der Waals surface area contributed by atoms with Crippen molar-refractivity contribution in [2.45, 2.75) is 31.7 Å². The van der Waals surface area contributed by atoms with E-state index in [1.165, 1.54) is 0 Å². The third-order valence-electron chi connectivity index (χ3n) is 3.47. The van der Waals surface area contributed by atoms with Gasteiger partial charge in [-0.3, -0.25) is 4.79 Å². The number of rotatable bonds is 3. The van der Waals surface area contributed by atoms with Gasteiger partial charge in [-0.25, -0.2) is 4.79 Å². The van der Waals surface area contributed by atoms with Gasteiger partial charge in [0.05, 0.1) is 12.1 Å². The Kier molecular flexibility index (Phi) is 5.64. The topological polar surface area (TPSA) is 69.6 Å². The van der Waals surface area contributed by atoms with Crippen molar-refractivity contribution >= 4 is 49.5 Å². The van der Waals surface area contributed by atoms with Crippen molar-refractivity contribution < 1.29 is 14.7 Å². The summed E-state index contributed by atoms with van der Waals surface area (Å²) in [4.78, 5) is 25.0. The number of aliphatic carboxylic acids is 1. The molecule has 1 aliphatic rings. The van der Waals surface area contributed by atoms with E-state index >= 15 is 0 Å². The van der Waals surface area contributed by atoms with Crippen molar-refractivity contribution in [2.75, 3.05) is 11.9 Å². The minimum Gasteiger partial charge on any atom is -0.481 e. The van der Waals surface area contributed by atoms with Gasteiger partial charge in [0.25, 0.3) is 0 Å². The predicted octanol–water partition coefficient (Wildman–Crippen LogP) is 4.07. The molecule has 0 bridgehead atoms. The van der Waals surface area contributed by atoms with E-state index in [0.29, 0.717) is 12.2 Å². The molecule has 0 spiro atoms. The van der Waals surface area contributed by atoms with E-state index in [-0.39, 0.29) is 18.5 Å². The van der Waals surface area contributed by atoms with Crippen LogP contribution in [0.15, 0.2) is 27.1 Å². The molecule has 2 rings (SSSR count). The van der Waals surface area contributed by atoms with Gasteiger partial charge < -0.3 is 15.3 Å². The molecule has 1 aromatic carbocycles. The highest BCUT2D eigenvalue weighted by molar-refractivity contribution is 9.11. The number of likely N-dealkylation sites (tertiary alicyclic amines) is 1. The smallest absolute Gasteiger partial charge is 0.322 e. The number of urea groups is 1. The van der Waals surface area contributed by atoms with E-state index in [1.54, 1.807) is 11.0 Å². The molecule has 0 saturated carbocycles. The quantitative estimate of drug-likeness (QED) is 0.775. The van der Waals surface area contributed by atoms with Crippen LogP contribution < -0.4 is 5.32 Å². The summed E-state index contributed by atoms with van der Waals surface area (Å²) in [5, 5.41) is 11.8. The second kappa shape index (κ2) is 7.26. The molecule has 0 aromatic heterocycles. The van der Waals surface area contributed by atoms with Gasteiger partial charge in [0.15, 0.2) is 0 Å². The summed E-state index contributed by atoms with van der Waals surface area (Å²) in [5.41, 5.74) is 0.661. The number of carbonyl (C=O) groups is 2. The first-order valence-electron chi connectivity index (χ1n) is 6.72. The van der Waals surface area contributed by atoms with Crippen molar-refractivity contribution in [3.05, 3.63) is 27.1 Å². The highest BCUT2D eigenvalue weighted by Gasteiger charge is 2.28. The zero-order valence-corrected chi connectivity index (χ0v) is 14.5. The fourth-order valence-corrected chi connectivity index (χ4v) is 3.17. The van der Waals surface area contributed by atoms with Crippen LogP contribution in [-0.4, -0.2) is 34.6 Å². The number of anilines is 1. The summed E-state index contributed by atoms with van der Waals surface area (Å²) in [7, 11) is 0. The van der Waals surface area contributed by atoms with E-state index in [1.807, 2.05) is 12.1 Å². The molecule has 1 fully saturated rings. The normalized spacial score (nSPS) is 18.4. The molecule has 1 unspecified atom stereocenters. The number of halogens is 2. The standard InChI is InChI=1S/C14H16Br2N2O3/c15-9-4-5-11(16)12(7-9)17-14(21)18-6-2-1-3-10(18)8-13(19)20/h4-5,7,10H,1-3,6,8H2,(H,17,21)(H,19,20). The molecule has 0 aliphatic carbocycles. The summed E-state index contributed by atoms with van der Waals surface area (Å²) in [6.45, 7) is 0.593. The maximum atomic E-state index is 12.4. The van der Waals surface area contributed by atoms with Gasteiger partial charge in [0.1, 0.15) is 0 Å². The lowest BCUT2D eigenvalue weighted by Crippen LogP contribution is -2.46. The van der Waals surface area contributed by atoms with Gasteiger partial charge in [-0.15, -0.1) is 0 Å². The molecule has 5 nitrogen and oxygen atoms in total. The first kappa shape index (κ1) is 16.3. The van der Waals surface area contributed by atoms with Gasteiger partial charge in [-0.1, -0.05) is 15.9 Å². The lowest BCUT2D eigenvalue weighted by atomic mass is 10.00. The molecule has 1 aliphatic heterocycles. The maximum absolute atomic E-state index is 12.4. The fourth-order valence-electron chi connectivity index (χ4n) is 2.46. The first-order chi connectivity index (χ1) is 9.97. The maximum Gasteiger partial charge on any atom is 0.322 e. The zero-order valence-electron chi connectivity index (χ0n) is 11.3. The van der Waals surface area contributed by atoms with E-state index in [9.17, 15) is 9.59 Å². The molecular weight excluding hydrogens is 404 g/mol. The Bertz CT molecular complexity index is 551. The Hall–Kier alpha value is -1.08. The lowest BCUT2D eigenvalue weighted by Gasteiger charge is -2.35. The van der Waals surface area contributed by atoms with Crippen LogP contribution in [-0.2, 0) is 4.79 Å². The number of carboxylic acid groups (broad SMARTS) is 1. The van der Waals surface area contributed by atoms with E-state index in [2.05, 4.69) is 37.2 Å². The largest absolute Gasteiger partial charge is 0.481 e. The predicted molar refractivity (Wildman–Crippen MR) is 87.5 cm³/mol. The third kappa shape index (κ3) is 4.44. The van der Waals surface area contributed by atoms with E-state index in [0.717, 1.165) is 28.2 Å². The molecule has 0 radical (unpaired) electrons. The molecule has 2 amide bonds. The molecule has 21 heavy (non-hydrogen) atoms. The molecule has 2 N–H and O–H groups in total. The van der Waals surface area contributed by atoms with Crippen LogP contribution in [0.5, 0.6) is 0 Å². The van der Waals surface area contributed by atoms with Crippen molar-refractivity contribution in [3.8, 4) is 0 Å². The molecule has 1 saturated heterocycles. The highest BCUT2D eigenvalue weighted by Crippen LogP contribution is 2.27. The monoisotopic (exact) mass is 418 g/mol. The third-order valence-corrected chi connectivity index (χ3v) is 4.65. The minimum atomic E-state index is -0.872. The number of benzene rings is 1. The van der Waals surface area contributed by atoms with Gasteiger partial charge in [-0.2, -0.15) is 0 Å². The molecule has 1 heterocycles. The van der Waals surface area contributed by atoms with Crippen molar-refractivity contribution in [2.24, 2.45) is 0 Å². The van der Waals surface area contributed by atoms with Crippen LogP contribution in [0.2, 0.25) is 0 Å². The van der Waals surface area contributed by atoms with Crippen LogP contribution >= 0.6 is 31.9 Å². The summed E-state index contributed by atoms with van der Waals surface area (Å²) in [5.74, 6) is -0.872. The number of hydrogen-bond donors (Lipinski definition) is 2. The summed E-state index contributed by atoms with van der Waals surface area (Å²) in [6, 6.07) is 5.03. The second-order valence-electron chi connectivity index (χ2n) is 5.00. The zero-order chi connectivity index (χ0) is 15.4. The first-order valence-corrected chi connectivity index (χ1v) is 8.30. The Morgan fingerprint density at radius 1 is 1.33 bits per heavy atom. The van der Waals surface area contributed by atoms with Crippen molar-refractivity contribution in [3.63, 3.8) is 0 Å². The molecule has 7 heteroatoms. The number of nitrogens with zero attached hydrogens (tertiary/aromatic N) is 1. The summed E-state index contributed by atoms with van der Waals surface area (Å²) < 4.78 is 1.65. The van der Waals surface area contributed by atoms with Crippen LogP contribution in [0, 0.1) is 0 Å². The SMILES string of the molecule is O=C(O)CC1CCCCN1C(=O)Nc1cc(Br)ccc1Br. The molecule has 114 valence electrons. The average molecular weight is 420 g/mol. The summed E-state index contributed by atoms with van der Waals surface area (Å²) in [6.07, 6.45) is 2.60. The number of amides is 2. The van der Waals surface area contributed by atoms with Crippen LogP contribution in [0.3, 0.4) is 0 Å². The number of hydrogen-bond acceptors (Lipinski definition) is 2. The highest BCUT2D eigenvalue weighted by atomic mass is 79.9. The number of piperidine rings is 1. The molecular formula is C14H16Br2N2O3. The van der Waals surface area contributed by atoms with Gasteiger partial charge in [-0.05, 0) is 53.4 Å². The van der Waals surface area contributed by atoms with E-state index < -0.39 is 5.97 Å². The fraction of sp³-hybridized carbons (Fsp3) is 0.429. The minimum absolute atomic E-state index is 0.00687. The molecule has 1 aromatic rings. The molecule has 1 atom stereocenters. The van der Waals surface area contributed by atoms with Gasteiger partial charge in [0, 0.05) is 21.5 Å². The van der Waals surface area contributed by atoms with Crippen LogP contribution in [0.1, 0.15) is 25.7 Å². The van der Waals surface area contributed by atoms with Crippen molar-refractivity contribution in [1.82, 2.24) is 4.90 Å². The number of carbonyl (C=O) groups excluding carboxylic acids is 1. The number of carboxylic acids is 1. The lowest BCUT2D eigenvalue weighted by molar-refractivity contribution is -0.138. The van der Waals surface area contributed by atoms with Gasteiger partial charge in [0.2, 0.25) is 0 Å². The Morgan fingerprint density at radius 2 is 2.10 bits per heavy atom.